The van der Waals surface area contributed by atoms with Crippen molar-refractivity contribution in [3.63, 3.8) is 0 Å². The minimum absolute atomic E-state index is 0.0451. The SMILES string of the molecule is C[C@H]1CCc2c(sc3nc(C[NH+]4CCN(S(=O)(=O)c5ccc6c(c5)OCCO6)CC4)[nH]c(=O)c23)C1. The van der Waals surface area contributed by atoms with E-state index in [0.717, 1.165) is 29.5 Å². The highest BCUT2D eigenvalue weighted by atomic mass is 32.2. The first-order chi connectivity index (χ1) is 16.9. The van der Waals surface area contributed by atoms with E-state index in [1.807, 2.05) is 0 Å². The number of ether oxygens (including phenoxy) is 2. The van der Waals surface area contributed by atoms with Crippen molar-refractivity contribution >= 4 is 31.6 Å². The molecule has 11 heteroatoms. The maximum atomic E-state index is 13.2. The topological polar surface area (TPSA) is 106 Å². The Morgan fingerprint density at radius 1 is 1.20 bits per heavy atom. The number of hydrogen-bond donors (Lipinski definition) is 2. The molecule has 35 heavy (non-hydrogen) atoms. The van der Waals surface area contributed by atoms with E-state index in [0.29, 0.717) is 69.2 Å². The van der Waals surface area contributed by atoms with Crippen molar-refractivity contribution in [1.82, 2.24) is 14.3 Å². The smallest absolute Gasteiger partial charge is 0.260 e. The van der Waals surface area contributed by atoms with E-state index in [1.165, 1.54) is 19.6 Å². The average molecular weight is 518 g/mol. The molecule has 0 amide bonds. The minimum atomic E-state index is -3.62. The third-order valence-electron chi connectivity index (χ3n) is 7.21. The predicted molar refractivity (Wildman–Crippen MR) is 132 cm³/mol. The lowest BCUT2D eigenvalue weighted by Gasteiger charge is -2.31. The lowest BCUT2D eigenvalue weighted by Crippen LogP contribution is -3.13. The minimum Gasteiger partial charge on any atom is -0.486 e. The number of piperazine rings is 1. The van der Waals surface area contributed by atoms with Crippen molar-refractivity contribution in [2.75, 3.05) is 39.4 Å². The summed E-state index contributed by atoms with van der Waals surface area (Å²) in [5.41, 5.74) is 1.14. The fourth-order valence-corrected chi connectivity index (χ4v) is 8.13. The second-order valence-electron chi connectivity index (χ2n) is 9.68. The van der Waals surface area contributed by atoms with E-state index >= 15 is 0 Å². The number of thiophene rings is 1. The van der Waals surface area contributed by atoms with Gasteiger partial charge >= 0.3 is 0 Å². The predicted octanol–water partition coefficient (Wildman–Crippen LogP) is 0.970. The second kappa shape index (κ2) is 8.88. The van der Waals surface area contributed by atoms with Gasteiger partial charge in [-0.1, -0.05) is 6.92 Å². The van der Waals surface area contributed by atoms with Gasteiger partial charge in [0.2, 0.25) is 10.0 Å². The molecule has 1 aliphatic carbocycles. The Kier molecular flexibility index (Phi) is 5.82. The molecular formula is C24H29N4O5S2+. The summed E-state index contributed by atoms with van der Waals surface area (Å²) < 4.78 is 39.0. The molecule has 1 aromatic carbocycles. The number of benzene rings is 1. The van der Waals surface area contributed by atoms with Gasteiger partial charge in [0.1, 0.15) is 24.6 Å². The molecule has 3 aromatic rings. The summed E-state index contributed by atoms with van der Waals surface area (Å²) in [5, 5.41) is 0.769. The molecule has 4 heterocycles. The Labute approximate surface area is 207 Å². The lowest BCUT2D eigenvalue weighted by molar-refractivity contribution is -0.917. The number of fused-ring (bicyclic) bond motifs is 4. The second-order valence-corrected chi connectivity index (χ2v) is 12.7. The first-order valence-electron chi connectivity index (χ1n) is 12.2. The molecule has 0 radical (unpaired) electrons. The van der Waals surface area contributed by atoms with Gasteiger partial charge in [-0.05, 0) is 42.9 Å². The maximum Gasteiger partial charge on any atom is 0.260 e. The summed E-state index contributed by atoms with van der Waals surface area (Å²) in [6.45, 7) is 5.80. The van der Waals surface area contributed by atoms with Crippen molar-refractivity contribution in [2.24, 2.45) is 5.92 Å². The van der Waals surface area contributed by atoms with Crippen molar-refractivity contribution in [1.29, 1.82) is 0 Å². The summed E-state index contributed by atoms with van der Waals surface area (Å²) in [6.07, 6.45) is 3.09. The number of rotatable bonds is 4. The van der Waals surface area contributed by atoms with Crippen LogP contribution >= 0.6 is 11.3 Å². The third-order valence-corrected chi connectivity index (χ3v) is 10.3. The van der Waals surface area contributed by atoms with Crippen LogP contribution < -0.4 is 19.9 Å². The van der Waals surface area contributed by atoms with Crippen molar-refractivity contribution in [3.05, 3.63) is 44.8 Å². The Morgan fingerprint density at radius 2 is 1.97 bits per heavy atom. The molecule has 1 fully saturated rings. The van der Waals surface area contributed by atoms with E-state index < -0.39 is 10.0 Å². The number of nitrogens with zero attached hydrogens (tertiary/aromatic N) is 2. The molecule has 2 aliphatic heterocycles. The number of aryl methyl sites for hydroxylation is 1. The van der Waals surface area contributed by atoms with Crippen LogP contribution in [0.5, 0.6) is 11.5 Å². The lowest BCUT2D eigenvalue weighted by atomic mass is 9.89. The number of H-pyrrole nitrogens is 1. The van der Waals surface area contributed by atoms with E-state index in [-0.39, 0.29) is 10.5 Å². The largest absolute Gasteiger partial charge is 0.486 e. The van der Waals surface area contributed by atoms with Crippen LogP contribution in [0.3, 0.4) is 0 Å². The van der Waals surface area contributed by atoms with Crippen LogP contribution in [0, 0.1) is 5.92 Å². The molecule has 2 aromatic heterocycles. The molecule has 0 bridgehead atoms. The third kappa shape index (κ3) is 4.24. The molecule has 1 saturated heterocycles. The fraction of sp³-hybridized carbons (Fsp3) is 0.500. The average Bonchev–Trinajstić information content (AvgIpc) is 3.21. The summed E-state index contributed by atoms with van der Waals surface area (Å²) >= 11 is 1.66. The number of aromatic nitrogens is 2. The highest BCUT2D eigenvalue weighted by Gasteiger charge is 2.32. The molecule has 186 valence electrons. The quantitative estimate of drug-likeness (QED) is 0.534. The Morgan fingerprint density at radius 3 is 2.77 bits per heavy atom. The van der Waals surface area contributed by atoms with Crippen LogP contribution in [0.1, 0.15) is 29.6 Å². The van der Waals surface area contributed by atoms with Gasteiger partial charge in [0, 0.05) is 10.9 Å². The summed E-state index contributed by atoms with van der Waals surface area (Å²) in [5.74, 6) is 2.36. The van der Waals surface area contributed by atoms with Crippen molar-refractivity contribution < 1.29 is 22.8 Å². The summed E-state index contributed by atoms with van der Waals surface area (Å²) in [7, 11) is -3.62. The first kappa shape index (κ1) is 23.0. The van der Waals surface area contributed by atoms with Gasteiger partial charge in [-0.25, -0.2) is 13.4 Å². The van der Waals surface area contributed by atoms with Crippen LogP contribution in [0.15, 0.2) is 27.9 Å². The Balaban J connectivity index is 1.15. The number of hydrogen-bond acceptors (Lipinski definition) is 7. The first-order valence-corrected chi connectivity index (χ1v) is 14.4. The highest BCUT2D eigenvalue weighted by molar-refractivity contribution is 7.89. The molecule has 6 rings (SSSR count). The number of nitrogens with one attached hydrogen (secondary N) is 2. The Bertz CT molecular complexity index is 1440. The summed E-state index contributed by atoms with van der Waals surface area (Å²) in [4.78, 5) is 24.3. The Hall–Kier alpha value is -2.47. The number of sulfonamides is 1. The van der Waals surface area contributed by atoms with Crippen LogP contribution in [0.2, 0.25) is 0 Å². The van der Waals surface area contributed by atoms with Gasteiger partial charge < -0.3 is 19.4 Å². The molecule has 0 saturated carbocycles. The van der Waals surface area contributed by atoms with E-state index in [9.17, 15) is 13.2 Å². The number of aromatic amines is 1. The fourth-order valence-electron chi connectivity index (χ4n) is 5.27. The molecule has 1 atom stereocenters. The standard InChI is InChI=1S/C24H28N4O5S2/c1-15-2-4-17-20(12-15)34-24-22(17)23(29)25-21(26-24)14-27-6-8-28(9-7-27)35(30,31)16-3-5-18-19(13-16)33-11-10-32-18/h3,5,13,15H,2,4,6-12,14H2,1H3,(H,25,26,29)/p+1/t15-/m0/s1. The molecule has 3 aliphatic rings. The monoisotopic (exact) mass is 517 g/mol. The molecule has 9 nitrogen and oxygen atoms in total. The van der Waals surface area contributed by atoms with Gasteiger partial charge in [0.15, 0.2) is 17.3 Å². The zero-order chi connectivity index (χ0) is 24.2. The van der Waals surface area contributed by atoms with Gasteiger partial charge in [0.05, 0.1) is 36.5 Å². The van der Waals surface area contributed by atoms with E-state index in [1.54, 1.807) is 29.5 Å². The molecule has 2 N–H and O–H groups in total. The maximum absolute atomic E-state index is 13.2. The van der Waals surface area contributed by atoms with Crippen molar-refractivity contribution in [3.8, 4) is 11.5 Å². The van der Waals surface area contributed by atoms with Crippen LogP contribution in [-0.2, 0) is 29.4 Å². The van der Waals surface area contributed by atoms with Gasteiger partial charge in [-0.3, -0.25) is 4.79 Å². The zero-order valence-electron chi connectivity index (χ0n) is 19.6. The summed E-state index contributed by atoms with van der Waals surface area (Å²) in [6, 6.07) is 4.78. The molecular weight excluding hydrogens is 488 g/mol. The van der Waals surface area contributed by atoms with Crippen molar-refractivity contribution in [2.45, 2.75) is 37.6 Å². The molecule has 0 spiro atoms. The van der Waals surface area contributed by atoms with Crippen LogP contribution in [0.4, 0.5) is 0 Å². The van der Waals surface area contributed by atoms with E-state index in [4.69, 9.17) is 14.5 Å². The van der Waals surface area contributed by atoms with Gasteiger partial charge in [-0.2, -0.15) is 4.31 Å². The van der Waals surface area contributed by atoms with Gasteiger partial charge in [-0.15, -0.1) is 11.3 Å². The van der Waals surface area contributed by atoms with Gasteiger partial charge in [0.25, 0.3) is 5.56 Å². The normalized spacial score (nSPS) is 21.2. The number of quaternary nitrogens is 1. The van der Waals surface area contributed by atoms with Crippen LogP contribution in [-0.4, -0.2) is 62.1 Å². The highest BCUT2D eigenvalue weighted by Crippen LogP contribution is 2.36. The zero-order valence-corrected chi connectivity index (χ0v) is 21.3. The van der Waals surface area contributed by atoms with Crippen LogP contribution in [0.25, 0.3) is 10.2 Å². The van der Waals surface area contributed by atoms with E-state index in [2.05, 4.69) is 11.9 Å². The molecule has 0 unspecified atom stereocenters.